The van der Waals surface area contributed by atoms with E-state index in [1.807, 2.05) is 0 Å². The fourth-order valence-corrected chi connectivity index (χ4v) is 2.71. The van der Waals surface area contributed by atoms with Crippen LogP contribution in [-0.2, 0) is 4.79 Å². The van der Waals surface area contributed by atoms with E-state index >= 15 is 0 Å². The summed E-state index contributed by atoms with van der Waals surface area (Å²) in [6.07, 6.45) is 7.09. The molecule has 0 amide bonds. The first-order valence-corrected chi connectivity index (χ1v) is 6.78. The molecule has 0 aromatic heterocycles. The molecule has 94 valence electrons. The Balaban J connectivity index is 2.29. The average molecular weight is 226 g/mol. The predicted molar refractivity (Wildman–Crippen MR) is 66.2 cm³/mol. The van der Waals surface area contributed by atoms with Crippen molar-refractivity contribution in [2.45, 2.75) is 58.8 Å². The van der Waals surface area contributed by atoms with Crippen LogP contribution in [-0.4, -0.2) is 17.5 Å². The zero-order valence-corrected chi connectivity index (χ0v) is 10.7. The van der Waals surface area contributed by atoms with Gasteiger partial charge in [-0.15, -0.1) is 0 Å². The van der Waals surface area contributed by atoms with Crippen LogP contribution >= 0.6 is 0 Å². The smallest absolute Gasteiger partial charge is 0.135 e. The molecule has 0 radical (unpaired) electrons. The third-order valence-corrected chi connectivity index (χ3v) is 3.96. The minimum atomic E-state index is 0.285. The number of rotatable bonds is 6. The largest absolute Gasteiger partial charge is 0.396 e. The number of carbonyl (C=O) groups excluding carboxylic acids is 1. The van der Waals surface area contributed by atoms with Gasteiger partial charge in [-0.2, -0.15) is 0 Å². The molecule has 1 N–H and O–H groups in total. The lowest BCUT2D eigenvalue weighted by Crippen LogP contribution is -2.27. The van der Waals surface area contributed by atoms with Gasteiger partial charge in [-0.25, -0.2) is 0 Å². The van der Waals surface area contributed by atoms with Crippen LogP contribution in [0, 0.1) is 17.8 Å². The van der Waals surface area contributed by atoms with Gasteiger partial charge in [-0.05, 0) is 37.5 Å². The molecule has 0 aliphatic heterocycles. The van der Waals surface area contributed by atoms with Gasteiger partial charge in [0.25, 0.3) is 0 Å². The van der Waals surface area contributed by atoms with Gasteiger partial charge in [-0.1, -0.05) is 26.7 Å². The van der Waals surface area contributed by atoms with Crippen molar-refractivity contribution in [1.29, 1.82) is 0 Å². The maximum atomic E-state index is 11.8. The Kier molecular flexibility index (Phi) is 6.04. The van der Waals surface area contributed by atoms with Crippen molar-refractivity contribution in [1.82, 2.24) is 0 Å². The number of aliphatic hydroxyl groups excluding tert-OH is 1. The van der Waals surface area contributed by atoms with Gasteiger partial charge in [0, 0.05) is 18.9 Å². The summed E-state index contributed by atoms with van der Waals surface area (Å²) in [5.41, 5.74) is 0. The van der Waals surface area contributed by atoms with Crippen molar-refractivity contribution in [3.8, 4) is 0 Å². The Hall–Kier alpha value is -0.370. The molecule has 0 aromatic carbocycles. The number of unbranched alkanes of at least 4 members (excludes halogenated alkanes) is 2. The molecular weight excluding hydrogens is 200 g/mol. The molecule has 1 rings (SSSR count). The Bertz CT molecular complexity index is 211. The number of hydrogen-bond acceptors (Lipinski definition) is 2. The molecular formula is C14H26O2. The highest BCUT2D eigenvalue weighted by Gasteiger charge is 2.29. The van der Waals surface area contributed by atoms with Crippen molar-refractivity contribution in [3.05, 3.63) is 0 Å². The first kappa shape index (κ1) is 13.7. The van der Waals surface area contributed by atoms with Gasteiger partial charge in [0.05, 0.1) is 0 Å². The standard InChI is InChI=1S/C14H26O2/c1-11(2)12-7-8-14(16)13(10-12)6-4-3-5-9-15/h11-13,15H,3-10H2,1-2H3. The van der Waals surface area contributed by atoms with Crippen LogP contribution in [0.25, 0.3) is 0 Å². The maximum absolute atomic E-state index is 11.8. The Labute approximate surface area is 99.4 Å². The van der Waals surface area contributed by atoms with E-state index < -0.39 is 0 Å². The highest BCUT2D eigenvalue weighted by atomic mass is 16.2. The van der Waals surface area contributed by atoms with Crippen molar-refractivity contribution < 1.29 is 9.90 Å². The third-order valence-electron chi connectivity index (χ3n) is 3.96. The molecule has 0 heterocycles. The molecule has 0 bridgehead atoms. The summed E-state index contributed by atoms with van der Waals surface area (Å²) in [5, 5.41) is 8.70. The van der Waals surface area contributed by atoms with E-state index in [-0.39, 0.29) is 6.61 Å². The first-order chi connectivity index (χ1) is 7.65. The van der Waals surface area contributed by atoms with Gasteiger partial charge in [0.1, 0.15) is 5.78 Å². The van der Waals surface area contributed by atoms with E-state index in [0.29, 0.717) is 17.6 Å². The average Bonchev–Trinajstić information content (AvgIpc) is 2.26. The molecule has 1 aliphatic carbocycles. The summed E-state index contributed by atoms with van der Waals surface area (Å²) in [7, 11) is 0. The van der Waals surface area contributed by atoms with Crippen molar-refractivity contribution in [2.24, 2.45) is 17.8 Å². The quantitative estimate of drug-likeness (QED) is 0.706. The van der Waals surface area contributed by atoms with E-state index in [2.05, 4.69) is 13.8 Å². The number of aliphatic hydroxyl groups is 1. The van der Waals surface area contributed by atoms with Crippen LogP contribution in [0.3, 0.4) is 0 Å². The highest BCUT2D eigenvalue weighted by molar-refractivity contribution is 5.81. The molecule has 0 saturated heterocycles. The third kappa shape index (κ3) is 4.25. The summed E-state index contributed by atoms with van der Waals surface area (Å²) in [5.74, 6) is 2.27. The lowest BCUT2D eigenvalue weighted by Gasteiger charge is -2.30. The predicted octanol–water partition coefficient (Wildman–Crippen LogP) is 3.18. The van der Waals surface area contributed by atoms with Crippen LogP contribution in [0.1, 0.15) is 58.8 Å². The van der Waals surface area contributed by atoms with Crippen molar-refractivity contribution >= 4 is 5.78 Å². The lowest BCUT2D eigenvalue weighted by molar-refractivity contribution is -0.126. The number of Topliss-reactive ketones (excluding diaryl/α,β-unsaturated/α-hetero) is 1. The summed E-state index contributed by atoms with van der Waals surface area (Å²) in [4.78, 5) is 11.8. The summed E-state index contributed by atoms with van der Waals surface area (Å²) in [6.45, 7) is 4.82. The second kappa shape index (κ2) is 7.05. The summed E-state index contributed by atoms with van der Waals surface area (Å²) < 4.78 is 0. The summed E-state index contributed by atoms with van der Waals surface area (Å²) in [6, 6.07) is 0. The van der Waals surface area contributed by atoms with Crippen LogP contribution in [0.4, 0.5) is 0 Å². The SMILES string of the molecule is CC(C)C1CCC(=O)C(CCCCCO)C1. The fraction of sp³-hybridized carbons (Fsp3) is 0.929. The molecule has 2 atom stereocenters. The molecule has 0 spiro atoms. The Morgan fingerprint density at radius 2 is 2.06 bits per heavy atom. The lowest BCUT2D eigenvalue weighted by atomic mass is 9.74. The van der Waals surface area contributed by atoms with Crippen LogP contribution in [0.2, 0.25) is 0 Å². The zero-order valence-electron chi connectivity index (χ0n) is 10.7. The molecule has 2 heteroatoms. The molecule has 16 heavy (non-hydrogen) atoms. The van der Waals surface area contributed by atoms with E-state index in [9.17, 15) is 4.79 Å². The van der Waals surface area contributed by atoms with Gasteiger partial charge < -0.3 is 5.11 Å². The minimum Gasteiger partial charge on any atom is -0.396 e. The second-order valence-corrected chi connectivity index (χ2v) is 5.51. The van der Waals surface area contributed by atoms with Crippen molar-refractivity contribution in [2.75, 3.05) is 6.61 Å². The fourth-order valence-electron chi connectivity index (χ4n) is 2.71. The van der Waals surface area contributed by atoms with E-state index in [0.717, 1.165) is 50.9 Å². The van der Waals surface area contributed by atoms with Crippen LogP contribution in [0.5, 0.6) is 0 Å². The summed E-state index contributed by atoms with van der Waals surface area (Å²) >= 11 is 0. The zero-order chi connectivity index (χ0) is 12.0. The molecule has 0 aromatic rings. The van der Waals surface area contributed by atoms with Gasteiger partial charge in [-0.3, -0.25) is 4.79 Å². The van der Waals surface area contributed by atoms with E-state index in [1.54, 1.807) is 0 Å². The van der Waals surface area contributed by atoms with Crippen LogP contribution < -0.4 is 0 Å². The van der Waals surface area contributed by atoms with Crippen LogP contribution in [0.15, 0.2) is 0 Å². The van der Waals surface area contributed by atoms with Gasteiger partial charge in [0.2, 0.25) is 0 Å². The van der Waals surface area contributed by atoms with Crippen molar-refractivity contribution in [3.63, 3.8) is 0 Å². The maximum Gasteiger partial charge on any atom is 0.135 e. The van der Waals surface area contributed by atoms with Gasteiger partial charge >= 0.3 is 0 Å². The normalized spacial score (nSPS) is 26.4. The first-order valence-electron chi connectivity index (χ1n) is 6.78. The highest BCUT2D eigenvalue weighted by Crippen LogP contribution is 2.34. The molecule has 1 aliphatic rings. The number of ketones is 1. The monoisotopic (exact) mass is 226 g/mol. The molecule has 1 fully saturated rings. The Morgan fingerprint density at radius 3 is 2.69 bits per heavy atom. The molecule has 1 saturated carbocycles. The Morgan fingerprint density at radius 1 is 1.31 bits per heavy atom. The van der Waals surface area contributed by atoms with E-state index in [1.165, 1.54) is 0 Å². The van der Waals surface area contributed by atoms with Gasteiger partial charge in [0.15, 0.2) is 0 Å². The number of carbonyl (C=O) groups is 1. The molecule has 2 unspecified atom stereocenters. The molecule has 2 nitrogen and oxygen atoms in total. The minimum absolute atomic E-state index is 0.285. The topological polar surface area (TPSA) is 37.3 Å². The second-order valence-electron chi connectivity index (χ2n) is 5.51. The number of hydrogen-bond donors (Lipinski definition) is 1. The van der Waals surface area contributed by atoms with E-state index in [4.69, 9.17) is 5.11 Å².